The summed E-state index contributed by atoms with van der Waals surface area (Å²) in [6.07, 6.45) is 4.32. The van der Waals surface area contributed by atoms with Gasteiger partial charge in [0.25, 0.3) is 0 Å². The lowest BCUT2D eigenvalue weighted by molar-refractivity contribution is 0.917. The molecule has 1 aromatic heterocycles. The number of aryl methyl sites for hydroxylation is 2. The Morgan fingerprint density at radius 1 is 0.824 bits per heavy atom. The minimum atomic E-state index is 1.13. The summed E-state index contributed by atoms with van der Waals surface area (Å²) in [5.41, 5.74) is 5.69. The van der Waals surface area contributed by atoms with Gasteiger partial charge in [-0.05, 0) is 40.8 Å². The van der Waals surface area contributed by atoms with Gasteiger partial charge in [-0.1, -0.05) is 36.4 Å². The molecule has 3 aromatic rings. The molecule has 82 valence electrons. The normalized spacial score (nSPS) is 13.4. The molecule has 1 aliphatic carbocycles. The fraction of sp³-hybridized carbons (Fsp3) is 0.125. The zero-order valence-electron chi connectivity index (χ0n) is 9.53. The summed E-state index contributed by atoms with van der Waals surface area (Å²) in [6, 6.07) is 15.4. The van der Waals surface area contributed by atoms with Crippen LogP contribution in [-0.2, 0) is 12.8 Å². The summed E-state index contributed by atoms with van der Waals surface area (Å²) in [5, 5.41) is 2.77. The Balaban J connectivity index is 2.11. The maximum Gasteiger partial charge on any atom is 0.0230 e. The Hall–Kier alpha value is -2.02. The first-order chi connectivity index (χ1) is 8.43. The quantitative estimate of drug-likeness (QED) is 0.589. The van der Waals surface area contributed by atoms with Crippen molar-refractivity contribution < 1.29 is 0 Å². The summed E-state index contributed by atoms with van der Waals surface area (Å²) in [6.45, 7) is 0. The number of fused-ring (bicyclic) bond motifs is 5. The Labute approximate surface area is 100 Å². The molecule has 2 aromatic carbocycles. The number of rotatable bonds is 0. The second-order valence-electron chi connectivity index (χ2n) is 4.68. The van der Waals surface area contributed by atoms with Crippen molar-refractivity contribution in [1.29, 1.82) is 0 Å². The van der Waals surface area contributed by atoms with Crippen LogP contribution in [-0.4, -0.2) is 4.98 Å². The molecular weight excluding hydrogens is 206 g/mol. The van der Waals surface area contributed by atoms with E-state index in [1.54, 1.807) is 0 Å². The van der Waals surface area contributed by atoms with Crippen LogP contribution in [0, 0.1) is 0 Å². The van der Waals surface area contributed by atoms with Crippen molar-refractivity contribution in [2.24, 2.45) is 0 Å². The number of aromatic nitrogens is 1. The summed E-state index contributed by atoms with van der Waals surface area (Å²) in [7, 11) is 0. The van der Waals surface area contributed by atoms with Gasteiger partial charge in [-0.15, -0.1) is 0 Å². The van der Waals surface area contributed by atoms with Crippen molar-refractivity contribution in [1.82, 2.24) is 4.98 Å². The molecule has 0 radical (unpaired) electrons. The molecule has 0 aliphatic heterocycles. The van der Waals surface area contributed by atoms with Gasteiger partial charge in [-0.3, -0.25) is 0 Å². The Bertz CT molecular complexity index is 706. The number of nitrogens with one attached hydrogen (secondary N) is 1. The SMILES string of the molecule is c1ccc2c3c(ccc2c1)-c1cc[nH]c1CC3. The minimum absolute atomic E-state index is 1.13. The van der Waals surface area contributed by atoms with Gasteiger partial charge in [0.05, 0.1) is 0 Å². The molecular formula is C16H13N. The molecule has 1 heterocycles. The van der Waals surface area contributed by atoms with E-state index in [9.17, 15) is 0 Å². The number of aromatic amines is 1. The van der Waals surface area contributed by atoms with Crippen LogP contribution in [0.1, 0.15) is 11.3 Å². The topological polar surface area (TPSA) is 15.8 Å². The number of hydrogen-bond donors (Lipinski definition) is 1. The highest BCUT2D eigenvalue weighted by Gasteiger charge is 2.18. The third-order valence-corrected chi connectivity index (χ3v) is 3.79. The summed E-state index contributed by atoms with van der Waals surface area (Å²) >= 11 is 0. The first-order valence-corrected chi connectivity index (χ1v) is 6.11. The predicted octanol–water partition coefficient (Wildman–Crippen LogP) is 3.93. The number of benzene rings is 2. The summed E-state index contributed by atoms with van der Waals surface area (Å²) in [5.74, 6) is 0. The first-order valence-electron chi connectivity index (χ1n) is 6.11. The molecule has 0 saturated heterocycles. The molecule has 0 amide bonds. The van der Waals surface area contributed by atoms with Gasteiger partial charge in [0.2, 0.25) is 0 Å². The van der Waals surface area contributed by atoms with E-state index in [1.807, 2.05) is 0 Å². The van der Waals surface area contributed by atoms with Crippen LogP contribution in [0.2, 0.25) is 0 Å². The van der Waals surface area contributed by atoms with Crippen molar-refractivity contribution in [2.45, 2.75) is 12.8 Å². The zero-order valence-corrected chi connectivity index (χ0v) is 9.53. The molecule has 0 spiro atoms. The van der Waals surface area contributed by atoms with Crippen LogP contribution in [0.25, 0.3) is 21.9 Å². The Morgan fingerprint density at radius 3 is 2.76 bits per heavy atom. The van der Waals surface area contributed by atoms with Gasteiger partial charge in [0, 0.05) is 17.5 Å². The molecule has 0 unspecified atom stereocenters. The highest BCUT2D eigenvalue weighted by Crippen LogP contribution is 2.36. The van der Waals surface area contributed by atoms with Crippen LogP contribution in [0.4, 0.5) is 0 Å². The average molecular weight is 219 g/mol. The first kappa shape index (κ1) is 9.06. The van der Waals surface area contributed by atoms with Crippen LogP contribution in [0.3, 0.4) is 0 Å². The van der Waals surface area contributed by atoms with Crippen LogP contribution >= 0.6 is 0 Å². The lowest BCUT2D eigenvalue weighted by Gasteiger charge is -2.18. The lowest BCUT2D eigenvalue weighted by atomic mass is 9.86. The Morgan fingerprint density at radius 2 is 1.76 bits per heavy atom. The van der Waals surface area contributed by atoms with Gasteiger partial charge in [0.1, 0.15) is 0 Å². The molecule has 4 rings (SSSR count). The number of hydrogen-bond acceptors (Lipinski definition) is 0. The van der Waals surface area contributed by atoms with Crippen molar-refractivity contribution in [2.75, 3.05) is 0 Å². The predicted molar refractivity (Wildman–Crippen MR) is 71.1 cm³/mol. The van der Waals surface area contributed by atoms with Gasteiger partial charge >= 0.3 is 0 Å². The standard InChI is InChI=1S/C16H13N/c1-2-4-12-11(3-1)5-6-14-13(12)7-8-16-15(14)9-10-17-16/h1-6,9-10,17H,7-8H2. The van der Waals surface area contributed by atoms with Crippen molar-refractivity contribution in [3.8, 4) is 11.1 Å². The second kappa shape index (κ2) is 3.24. The van der Waals surface area contributed by atoms with Crippen LogP contribution < -0.4 is 0 Å². The second-order valence-corrected chi connectivity index (χ2v) is 4.68. The summed E-state index contributed by atoms with van der Waals surface area (Å²) < 4.78 is 0. The van der Waals surface area contributed by atoms with E-state index in [4.69, 9.17) is 0 Å². The molecule has 0 saturated carbocycles. The Kier molecular flexibility index (Phi) is 1.72. The monoisotopic (exact) mass is 219 g/mol. The largest absolute Gasteiger partial charge is 0.364 e. The van der Waals surface area contributed by atoms with E-state index in [0.29, 0.717) is 0 Å². The van der Waals surface area contributed by atoms with Crippen molar-refractivity contribution >= 4 is 10.8 Å². The third kappa shape index (κ3) is 1.19. The van der Waals surface area contributed by atoms with E-state index in [0.717, 1.165) is 12.8 Å². The van der Waals surface area contributed by atoms with E-state index in [1.165, 1.54) is 33.2 Å². The fourth-order valence-corrected chi connectivity index (χ4v) is 2.97. The third-order valence-electron chi connectivity index (χ3n) is 3.79. The lowest BCUT2D eigenvalue weighted by Crippen LogP contribution is -2.03. The molecule has 0 fully saturated rings. The molecule has 1 heteroatoms. The maximum absolute atomic E-state index is 3.35. The van der Waals surface area contributed by atoms with Crippen LogP contribution in [0.5, 0.6) is 0 Å². The smallest absolute Gasteiger partial charge is 0.0230 e. The van der Waals surface area contributed by atoms with Gasteiger partial charge in [-0.25, -0.2) is 0 Å². The van der Waals surface area contributed by atoms with Gasteiger partial charge in [-0.2, -0.15) is 0 Å². The molecule has 0 atom stereocenters. The maximum atomic E-state index is 3.35. The summed E-state index contributed by atoms with van der Waals surface area (Å²) in [4.78, 5) is 3.35. The van der Waals surface area contributed by atoms with Crippen molar-refractivity contribution in [3.05, 3.63) is 59.9 Å². The highest BCUT2D eigenvalue weighted by molar-refractivity contribution is 5.93. The van der Waals surface area contributed by atoms with Gasteiger partial charge in [0.15, 0.2) is 0 Å². The van der Waals surface area contributed by atoms with E-state index in [2.05, 4.69) is 53.6 Å². The van der Waals surface area contributed by atoms with Crippen molar-refractivity contribution in [3.63, 3.8) is 0 Å². The molecule has 1 N–H and O–H groups in total. The average Bonchev–Trinajstić information content (AvgIpc) is 2.86. The fourth-order valence-electron chi connectivity index (χ4n) is 2.97. The van der Waals surface area contributed by atoms with E-state index < -0.39 is 0 Å². The van der Waals surface area contributed by atoms with Crippen LogP contribution in [0.15, 0.2) is 48.7 Å². The number of H-pyrrole nitrogens is 1. The minimum Gasteiger partial charge on any atom is -0.364 e. The van der Waals surface area contributed by atoms with E-state index in [-0.39, 0.29) is 0 Å². The van der Waals surface area contributed by atoms with E-state index >= 15 is 0 Å². The molecule has 1 nitrogen and oxygen atoms in total. The highest BCUT2D eigenvalue weighted by atomic mass is 14.7. The molecule has 1 aliphatic rings. The molecule has 17 heavy (non-hydrogen) atoms. The zero-order chi connectivity index (χ0) is 11.2. The molecule has 0 bridgehead atoms. The van der Waals surface area contributed by atoms with Gasteiger partial charge < -0.3 is 4.98 Å².